The summed E-state index contributed by atoms with van der Waals surface area (Å²) in [5, 5.41) is 17.0. The second-order valence-corrected chi connectivity index (χ2v) is 6.90. The minimum absolute atomic E-state index is 0.00349. The van der Waals surface area contributed by atoms with E-state index < -0.39 is 22.9 Å². The molecule has 1 aliphatic carbocycles. The highest BCUT2D eigenvalue weighted by molar-refractivity contribution is 5.97. The van der Waals surface area contributed by atoms with Crippen LogP contribution in [0.4, 0.5) is 17.1 Å². The Hall–Kier alpha value is -3.62. The number of nitro groups is 1. The van der Waals surface area contributed by atoms with Crippen molar-refractivity contribution in [2.24, 2.45) is 0 Å². The highest BCUT2D eigenvalue weighted by atomic mass is 16.6. The molecule has 0 saturated heterocycles. The summed E-state index contributed by atoms with van der Waals surface area (Å²) in [7, 11) is 0. The first-order valence-corrected chi connectivity index (χ1v) is 9.67. The molecule has 0 spiro atoms. The van der Waals surface area contributed by atoms with E-state index in [1.807, 2.05) is 6.92 Å². The quantitative estimate of drug-likeness (QED) is 0.365. The molecule has 2 aromatic rings. The van der Waals surface area contributed by atoms with E-state index in [0.717, 1.165) is 18.9 Å². The molecule has 0 radical (unpaired) electrons. The van der Waals surface area contributed by atoms with Gasteiger partial charge in [-0.25, -0.2) is 4.79 Å². The molecule has 0 heterocycles. The molecule has 30 heavy (non-hydrogen) atoms. The molecule has 158 valence electrons. The number of nitrogens with zero attached hydrogens (tertiary/aromatic N) is 1. The smallest absolute Gasteiger partial charge is 0.339 e. The molecule has 1 atom stereocenters. The predicted octanol–water partition coefficient (Wildman–Crippen LogP) is 3.75. The standard InChI is InChI=1S/C21H23N3O6/c1-3-29-17-9-7-16(8-10-17)23-20(25)13(2)30-21(26)14-4-11-18(22-15-5-6-15)19(12-14)24(27)28/h4,7-13,15,22H,3,5-6H2,1-2H3,(H,23,25)/t13-/m1/s1. The van der Waals surface area contributed by atoms with E-state index in [-0.39, 0.29) is 17.3 Å². The number of ether oxygens (including phenoxy) is 2. The first-order valence-electron chi connectivity index (χ1n) is 9.67. The van der Waals surface area contributed by atoms with Crippen molar-refractivity contribution in [3.05, 3.63) is 58.1 Å². The summed E-state index contributed by atoms with van der Waals surface area (Å²) in [6.07, 6.45) is 0.830. The molecule has 1 saturated carbocycles. The van der Waals surface area contributed by atoms with Crippen LogP contribution in [0.2, 0.25) is 0 Å². The molecule has 0 aromatic heterocycles. The maximum Gasteiger partial charge on any atom is 0.339 e. The third-order valence-electron chi connectivity index (χ3n) is 4.45. The van der Waals surface area contributed by atoms with Gasteiger partial charge in [0.05, 0.1) is 17.1 Å². The fourth-order valence-electron chi connectivity index (χ4n) is 2.71. The van der Waals surface area contributed by atoms with Gasteiger partial charge in [-0.05, 0) is 63.1 Å². The summed E-state index contributed by atoms with van der Waals surface area (Å²) in [6, 6.07) is 11.1. The molecule has 0 unspecified atom stereocenters. The van der Waals surface area contributed by atoms with Crippen LogP contribution >= 0.6 is 0 Å². The summed E-state index contributed by atoms with van der Waals surface area (Å²) in [4.78, 5) is 35.5. The van der Waals surface area contributed by atoms with Gasteiger partial charge in [-0.2, -0.15) is 0 Å². The first-order chi connectivity index (χ1) is 14.4. The number of amides is 1. The van der Waals surface area contributed by atoms with Crippen LogP contribution in [0, 0.1) is 10.1 Å². The average Bonchev–Trinajstić information content (AvgIpc) is 3.53. The third-order valence-corrected chi connectivity index (χ3v) is 4.45. The Morgan fingerprint density at radius 3 is 2.50 bits per heavy atom. The van der Waals surface area contributed by atoms with Crippen LogP contribution in [0.3, 0.4) is 0 Å². The van der Waals surface area contributed by atoms with Crippen LogP contribution in [0.25, 0.3) is 0 Å². The fraction of sp³-hybridized carbons (Fsp3) is 0.333. The van der Waals surface area contributed by atoms with Crippen LogP contribution in [0.15, 0.2) is 42.5 Å². The number of esters is 1. The van der Waals surface area contributed by atoms with Crippen molar-refractivity contribution in [3.8, 4) is 5.75 Å². The van der Waals surface area contributed by atoms with Gasteiger partial charge in [0.25, 0.3) is 11.6 Å². The maximum atomic E-state index is 12.4. The Balaban J connectivity index is 1.62. The molecule has 1 amide bonds. The summed E-state index contributed by atoms with van der Waals surface area (Å²) in [6.45, 7) is 3.84. The molecule has 1 aliphatic rings. The van der Waals surface area contributed by atoms with Gasteiger partial charge in [0.1, 0.15) is 11.4 Å². The third kappa shape index (κ3) is 5.47. The predicted molar refractivity (Wildman–Crippen MR) is 111 cm³/mol. The SMILES string of the molecule is CCOc1ccc(NC(=O)[C@@H](C)OC(=O)c2ccc(NC3CC3)c([N+](=O)[O-])c2)cc1. The van der Waals surface area contributed by atoms with Gasteiger partial charge >= 0.3 is 5.97 Å². The van der Waals surface area contributed by atoms with Crippen LogP contribution in [0.1, 0.15) is 37.0 Å². The Kier molecular flexibility index (Phi) is 6.51. The summed E-state index contributed by atoms with van der Waals surface area (Å²) >= 11 is 0. The average molecular weight is 413 g/mol. The van der Waals surface area contributed by atoms with E-state index in [1.165, 1.54) is 19.1 Å². The minimum Gasteiger partial charge on any atom is -0.494 e. The van der Waals surface area contributed by atoms with Crippen molar-refractivity contribution < 1.29 is 24.0 Å². The highest BCUT2D eigenvalue weighted by Gasteiger charge is 2.26. The lowest BCUT2D eigenvalue weighted by Gasteiger charge is -2.14. The van der Waals surface area contributed by atoms with Crippen molar-refractivity contribution in [1.29, 1.82) is 0 Å². The van der Waals surface area contributed by atoms with Gasteiger partial charge in [-0.3, -0.25) is 14.9 Å². The molecule has 9 heteroatoms. The van der Waals surface area contributed by atoms with Crippen molar-refractivity contribution in [3.63, 3.8) is 0 Å². The van der Waals surface area contributed by atoms with Gasteiger partial charge in [-0.15, -0.1) is 0 Å². The molecule has 2 aromatic carbocycles. The normalized spacial score (nSPS) is 13.8. The van der Waals surface area contributed by atoms with Crippen LogP contribution in [-0.4, -0.2) is 35.6 Å². The molecule has 0 aliphatic heterocycles. The van der Waals surface area contributed by atoms with E-state index >= 15 is 0 Å². The zero-order chi connectivity index (χ0) is 21.7. The Labute approximate surface area is 173 Å². The number of carbonyl (C=O) groups is 2. The molecule has 0 bridgehead atoms. The zero-order valence-electron chi connectivity index (χ0n) is 16.7. The monoisotopic (exact) mass is 413 g/mol. The van der Waals surface area contributed by atoms with Gasteiger partial charge in [-0.1, -0.05) is 0 Å². The molecule has 3 rings (SSSR count). The zero-order valence-corrected chi connectivity index (χ0v) is 16.7. The van der Waals surface area contributed by atoms with Gasteiger partial charge < -0.3 is 20.1 Å². The number of rotatable bonds is 9. The molecule has 1 fully saturated rings. The lowest BCUT2D eigenvalue weighted by Crippen LogP contribution is -2.30. The largest absolute Gasteiger partial charge is 0.494 e. The number of nitrogens with one attached hydrogen (secondary N) is 2. The van der Waals surface area contributed by atoms with Gasteiger partial charge in [0, 0.05) is 17.8 Å². The summed E-state index contributed by atoms with van der Waals surface area (Å²) in [5.41, 5.74) is 0.685. The van der Waals surface area contributed by atoms with Crippen LogP contribution < -0.4 is 15.4 Å². The van der Waals surface area contributed by atoms with E-state index in [9.17, 15) is 19.7 Å². The number of nitro benzene ring substituents is 1. The van der Waals surface area contributed by atoms with E-state index in [1.54, 1.807) is 24.3 Å². The number of hydrogen-bond donors (Lipinski definition) is 2. The lowest BCUT2D eigenvalue weighted by molar-refractivity contribution is -0.384. The molecular weight excluding hydrogens is 390 g/mol. The molecule has 9 nitrogen and oxygen atoms in total. The van der Waals surface area contributed by atoms with Gasteiger partial charge in [0.15, 0.2) is 6.10 Å². The number of benzene rings is 2. The van der Waals surface area contributed by atoms with Crippen molar-refractivity contribution >= 4 is 28.9 Å². The van der Waals surface area contributed by atoms with Crippen LogP contribution in [0.5, 0.6) is 5.75 Å². The molecule has 2 N–H and O–H groups in total. The van der Waals surface area contributed by atoms with E-state index in [2.05, 4.69) is 10.6 Å². The fourth-order valence-corrected chi connectivity index (χ4v) is 2.71. The van der Waals surface area contributed by atoms with Crippen molar-refractivity contribution in [1.82, 2.24) is 0 Å². The summed E-state index contributed by atoms with van der Waals surface area (Å²) < 4.78 is 10.5. The maximum absolute atomic E-state index is 12.4. The number of carbonyl (C=O) groups excluding carboxylic acids is 2. The summed E-state index contributed by atoms with van der Waals surface area (Å²) in [5.74, 6) is -0.657. The van der Waals surface area contributed by atoms with Crippen molar-refractivity contribution in [2.75, 3.05) is 17.2 Å². The van der Waals surface area contributed by atoms with Crippen LogP contribution in [-0.2, 0) is 9.53 Å². The van der Waals surface area contributed by atoms with E-state index in [4.69, 9.17) is 9.47 Å². The molecular formula is C21H23N3O6. The Bertz CT molecular complexity index is 940. The van der Waals surface area contributed by atoms with E-state index in [0.29, 0.717) is 23.7 Å². The lowest BCUT2D eigenvalue weighted by atomic mass is 10.1. The van der Waals surface area contributed by atoms with Crippen molar-refractivity contribution in [2.45, 2.75) is 38.8 Å². The Morgan fingerprint density at radius 1 is 1.20 bits per heavy atom. The van der Waals surface area contributed by atoms with Gasteiger partial charge in [0.2, 0.25) is 0 Å². The second kappa shape index (κ2) is 9.25. The number of anilines is 2. The second-order valence-electron chi connectivity index (χ2n) is 6.90. The number of hydrogen-bond acceptors (Lipinski definition) is 7. The Morgan fingerprint density at radius 2 is 1.90 bits per heavy atom. The highest BCUT2D eigenvalue weighted by Crippen LogP contribution is 2.31. The minimum atomic E-state index is -1.09. The topological polar surface area (TPSA) is 120 Å². The first kappa shape index (κ1) is 21.1.